The molecule has 0 atom stereocenters. The third-order valence-corrected chi connectivity index (χ3v) is 2.66. The molecule has 0 aliphatic rings. The van der Waals surface area contributed by atoms with Crippen LogP contribution in [-0.4, -0.2) is 0 Å². The molecule has 0 spiro atoms. The number of hydrogen-bond acceptors (Lipinski definition) is 0. The van der Waals surface area contributed by atoms with Gasteiger partial charge in [-0.25, -0.2) is 0 Å². The fourth-order valence-corrected chi connectivity index (χ4v) is 2.07. The predicted molar refractivity (Wildman–Crippen MR) is 34.9 cm³/mol. The molecular weight excluding hydrogens is 241 g/mol. The van der Waals surface area contributed by atoms with Crippen molar-refractivity contribution >= 4 is 0 Å². The molecule has 50 valence electrons. The van der Waals surface area contributed by atoms with E-state index >= 15 is 0 Å². The molecule has 2 heteroatoms. The van der Waals surface area contributed by atoms with E-state index < -0.39 is 0 Å². The van der Waals surface area contributed by atoms with Crippen LogP contribution in [0.25, 0.3) is 0 Å². The van der Waals surface area contributed by atoms with Gasteiger partial charge in [-0.1, -0.05) is 0 Å². The summed E-state index contributed by atoms with van der Waals surface area (Å²) in [4.78, 5) is 0. The first kappa shape index (κ1) is 10.3. The van der Waals surface area contributed by atoms with Crippen molar-refractivity contribution in [2.24, 2.45) is 0 Å². The maximum Gasteiger partial charge on any atom is -1.00 e. The van der Waals surface area contributed by atoms with E-state index in [1.807, 2.05) is 0 Å². The summed E-state index contributed by atoms with van der Waals surface area (Å²) in [5.41, 5.74) is 2.95. The van der Waals surface area contributed by atoms with Crippen LogP contribution in [0.2, 0.25) is 0 Å². The number of aryl methyl sites for hydroxylation is 1. The zero-order valence-corrected chi connectivity index (χ0v) is 10.7. The van der Waals surface area contributed by atoms with Crippen LogP contribution in [0.5, 0.6) is 0 Å². The van der Waals surface area contributed by atoms with Crippen LogP contribution >= 0.6 is 0 Å². The molecular formula is C8H9BrZn. The zero-order chi connectivity index (χ0) is 6.69. The summed E-state index contributed by atoms with van der Waals surface area (Å²) >= 11 is 1.37. The average Bonchev–Trinajstić information content (AvgIpc) is 1.89. The van der Waals surface area contributed by atoms with Gasteiger partial charge in [0.15, 0.2) is 0 Å². The quantitative estimate of drug-likeness (QED) is 0.564. The van der Waals surface area contributed by atoms with Gasteiger partial charge in [0.1, 0.15) is 0 Å². The Balaban J connectivity index is 0.000000810. The molecule has 0 N–H and O–H groups in total. The minimum absolute atomic E-state index is 0. The summed E-state index contributed by atoms with van der Waals surface area (Å²) in [5.74, 6) is 0. The molecule has 0 radical (unpaired) electrons. The van der Waals surface area contributed by atoms with E-state index in [4.69, 9.17) is 0 Å². The number of benzene rings is 1. The summed E-state index contributed by atoms with van der Waals surface area (Å²) in [6, 6.07) is 8.58. The topological polar surface area (TPSA) is 0 Å². The van der Waals surface area contributed by atoms with Crippen molar-refractivity contribution in [3.8, 4) is 0 Å². The number of halogens is 1. The van der Waals surface area contributed by atoms with E-state index in [1.54, 1.807) is 0 Å². The molecule has 0 heterocycles. The standard InChI is InChI=1S/C8H9.BrH.Zn/c1-7-5-3-4-6-8(7)2;;/h3-6H,1H2,2H3;1H;/q;;+1/p-1. The minimum atomic E-state index is 0. The fourth-order valence-electron chi connectivity index (χ4n) is 0.891. The SMILES string of the molecule is Cc1ccccc1[CH2][Zn+].[Br-]. The Morgan fingerprint density at radius 3 is 2.30 bits per heavy atom. The molecule has 0 saturated carbocycles. The smallest absolute Gasteiger partial charge is 1.00 e. The van der Waals surface area contributed by atoms with Crippen molar-refractivity contribution < 1.29 is 35.3 Å². The van der Waals surface area contributed by atoms with Gasteiger partial charge in [0.25, 0.3) is 0 Å². The van der Waals surface area contributed by atoms with Gasteiger partial charge >= 0.3 is 65.6 Å². The summed E-state index contributed by atoms with van der Waals surface area (Å²) in [5, 5.41) is 1.27. The second kappa shape index (κ2) is 5.04. The van der Waals surface area contributed by atoms with Crippen LogP contribution in [0.4, 0.5) is 0 Å². The molecule has 0 aromatic heterocycles. The van der Waals surface area contributed by atoms with Crippen molar-refractivity contribution in [1.82, 2.24) is 0 Å². The van der Waals surface area contributed by atoms with Crippen LogP contribution in [0.1, 0.15) is 11.1 Å². The molecule has 1 aromatic rings. The van der Waals surface area contributed by atoms with Crippen LogP contribution in [0.15, 0.2) is 24.3 Å². The molecule has 0 bridgehead atoms. The fraction of sp³-hybridized carbons (Fsp3) is 0.250. The maximum absolute atomic E-state index is 2.21. The van der Waals surface area contributed by atoms with Crippen molar-refractivity contribution in [3.05, 3.63) is 35.4 Å². The van der Waals surface area contributed by atoms with Gasteiger partial charge in [-0.15, -0.1) is 0 Å². The average molecular weight is 250 g/mol. The first-order valence-corrected chi connectivity index (χ1v) is 5.28. The first-order valence-electron chi connectivity index (χ1n) is 3.18. The van der Waals surface area contributed by atoms with Gasteiger partial charge in [-0.2, -0.15) is 0 Å². The number of rotatable bonds is 1. The summed E-state index contributed by atoms with van der Waals surface area (Å²) in [6.45, 7) is 2.17. The minimum Gasteiger partial charge on any atom is -1.00 e. The van der Waals surface area contributed by atoms with E-state index in [1.165, 1.54) is 34.4 Å². The molecule has 0 saturated heterocycles. The first-order chi connectivity index (χ1) is 4.34. The molecule has 10 heavy (non-hydrogen) atoms. The molecule has 0 aliphatic heterocycles. The van der Waals surface area contributed by atoms with Gasteiger partial charge in [0.05, 0.1) is 0 Å². The van der Waals surface area contributed by atoms with E-state index in [0.29, 0.717) is 0 Å². The summed E-state index contributed by atoms with van der Waals surface area (Å²) in [7, 11) is 0. The third-order valence-electron chi connectivity index (χ3n) is 1.53. The van der Waals surface area contributed by atoms with Crippen molar-refractivity contribution in [1.29, 1.82) is 0 Å². The molecule has 0 fully saturated rings. The van der Waals surface area contributed by atoms with Crippen LogP contribution in [-0.2, 0) is 23.3 Å². The van der Waals surface area contributed by atoms with Crippen LogP contribution in [0.3, 0.4) is 0 Å². The Morgan fingerprint density at radius 2 is 1.90 bits per heavy atom. The van der Waals surface area contributed by atoms with Crippen LogP contribution in [0, 0.1) is 6.92 Å². The van der Waals surface area contributed by atoms with Crippen molar-refractivity contribution in [3.63, 3.8) is 0 Å². The largest absolute Gasteiger partial charge is 1.00 e. The predicted octanol–water partition coefficient (Wildman–Crippen LogP) is -0.954. The van der Waals surface area contributed by atoms with E-state index in [9.17, 15) is 0 Å². The van der Waals surface area contributed by atoms with Gasteiger partial charge in [0.2, 0.25) is 0 Å². The van der Waals surface area contributed by atoms with E-state index in [0.717, 1.165) is 0 Å². The van der Waals surface area contributed by atoms with Gasteiger partial charge in [0, 0.05) is 0 Å². The van der Waals surface area contributed by atoms with E-state index in [2.05, 4.69) is 31.2 Å². The van der Waals surface area contributed by atoms with Crippen molar-refractivity contribution in [2.75, 3.05) is 0 Å². The summed E-state index contributed by atoms with van der Waals surface area (Å²) < 4.78 is 0. The Bertz CT molecular complexity index is 198. The number of hydrogen-bond donors (Lipinski definition) is 0. The van der Waals surface area contributed by atoms with Crippen molar-refractivity contribution in [2.45, 2.75) is 11.9 Å². The molecule has 0 amide bonds. The second-order valence-electron chi connectivity index (χ2n) is 2.18. The van der Waals surface area contributed by atoms with Crippen LogP contribution < -0.4 is 17.0 Å². The van der Waals surface area contributed by atoms with Gasteiger partial charge < -0.3 is 17.0 Å². The second-order valence-corrected chi connectivity index (χ2v) is 3.23. The van der Waals surface area contributed by atoms with Gasteiger partial charge in [-0.05, 0) is 0 Å². The Morgan fingerprint density at radius 1 is 1.30 bits per heavy atom. The molecule has 0 aliphatic carbocycles. The monoisotopic (exact) mass is 248 g/mol. The van der Waals surface area contributed by atoms with E-state index in [-0.39, 0.29) is 17.0 Å². The Kier molecular flexibility index (Phi) is 5.20. The Hall–Kier alpha value is 0.323. The summed E-state index contributed by atoms with van der Waals surface area (Å²) in [6.07, 6.45) is 0. The molecule has 1 rings (SSSR count). The molecule has 0 unspecified atom stereocenters. The Labute approximate surface area is 82.5 Å². The molecule has 0 nitrogen and oxygen atoms in total. The third kappa shape index (κ3) is 2.51. The molecule has 1 aromatic carbocycles. The normalized spacial score (nSPS) is 8.70. The maximum atomic E-state index is 2.21. The van der Waals surface area contributed by atoms with Gasteiger partial charge in [-0.3, -0.25) is 0 Å². The zero-order valence-electron chi connectivity index (χ0n) is 6.10.